The van der Waals surface area contributed by atoms with Gasteiger partial charge in [-0.05, 0) is 18.2 Å². The van der Waals surface area contributed by atoms with Crippen molar-refractivity contribution in [2.24, 2.45) is 0 Å². The van der Waals surface area contributed by atoms with Crippen LogP contribution in [0.1, 0.15) is 0 Å². The average Bonchev–Trinajstić information content (AvgIpc) is 2.49. The van der Waals surface area contributed by atoms with E-state index in [1.807, 2.05) is 24.3 Å². The Morgan fingerprint density at radius 2 is 1.80 bits per heavy atom. The number of rotatable bonds is 2. The molecule has 3 rings (SSSR count). The molecule has 100 valence electrons. The molecule has 0 fully saturated rings. The van der Waals surface area contributed by atoms with Crippen LogP contribution < -0.4 is 5.32 Å². The smallest absolute Gasteiger partial charge is 0.156 e. The SMILES string of the molecule is CNc1nnc(-c2cc(Br)ccc2F)c2ccccc12. The third-order valence-electron chi connectivity index (χ3n) is 3.11. The summed E-state index contributed by atoms with van der Waals surface area (Å²) in [6.45, 7) is 0. The van der Waals surface area contributed by atoms with Crippen LogP contribution in [0.25, 0.3) is 22.0 Å². The van der Waals surface area contributed by atoms with Crippen molar-refractivity contribution in [2.75, 3.05) is 12.4 Å². The molecule has 0 saturated heterocycles. The van der Waals surface area contributed by atoms with Crippen LogP contribution in [0.2, 0.25) is 0 Å². The Morgan fingerprint density at radius 1 is 1.05 bits per heavy atom. The molecule has 0 unspecified atom stereocenters. The van der Waals surface area contributed by atoms with Crippen LogP contribution >= 0.6 is 15.9 Å². The quantitative estimate of drug-likeness (QED) is 0.763. The maximum Gasteiger partial charge on any atom is 0.156 e. The Bertz CT molecular complexity index is 789. The molecule has 20 heavy (non-hydrogen) atoms. The molecule has 1 N–H and O–H groups in total. The molecule has 0 aliphatic rings. The Labute approximate surface area is 124 Å². The van der Waals surface area contributed by atoms with E-state index in [4.69, 9.17) is 0 Å². The van der Waals surface area contributed by atoms with Crippen molar-refractivity contribution in [3.05, 3.63) is 52.8 Å². The average molecular weight is 332 g/mol. The molecule has 0 radical (unpaired) electrons. The van der Waals surface area contributed by atoms with Crippen molar-refractivity contribution in [2.45, 2.75) is 0 Å². The lowest BCUT2D eigenvalue weighted by atomic mass is 10.0. The summed E-state index contributed by atoms with van der Waals surface area (Å²) in [6, 6.07) is 12.5. The number of aromatic nitrogens is 2. The lowest BCUT2D eigenvalue weighted by Gasteiger charge is -2.09. The third-order valence-corrected chi connectivity index (χ3v) is 3.60. The van der Waals surface area contributed by atoms with Crippen molar-refractivity contribution in [3.63, 3.8) is 0 Å². The van der Waals surface area contributed by atoms with Gasteiger partial charge in [-0.1, -0.05) is 40.2 Å². The topological polar surface area (TPSA) is 37.8 Å². The molecule has 0 atom stereocenters. The zero-order valence-electron chi connectivity index (χ0n) is 10.7. The van der Waals surface area contributed by atoms with Crippen LogP contribution in [-0.2, 0) is 0 Å². The first-order valence-electron chi connectivity index (χ1n) is 6.09. The normalized spacial score (nSPS) is 10.8. The summed E-state index contributed by atoms with van der Waals surface area (Å²) in [6.07, 6.45) is 0. The molecular formula is C15H11BrFN3. The van der Waals surface area contributed by atoms with Gasteiger partial charge in [0.15, 0.2) is 5.82 Å². The number of nitrogens with zero attached hydrogens (tertiary/aromatic N) is 2. The molecule has 2 aromatic carbocycles. The minimum atomic E-state index is -0.315. The van der Waals surface area contributed by atoms with Gasteiger partial charge in [0.25, 0.3) is 0 Å². The monoisotopic (exact) mass is 331 g/mol. The van der Waals surface area contributed by atoms with Gasteiger partial charge in [-0.3, -0.25) is 0 Å². The number of anilines is 1. The highest BCUT2D eigenvalue weighted by Crippen LogP contribution is 2.32. The van der Waals surface area contributed by atoms with Crippen molar-refractivity contribution < 1.29 is 4.39 Å². The summed E-state index contributed by atoms with van der Waals surface area (Å²) in [5.41, 5.74) is 0.976. The number of fused-ring (bicyclic) bond motifs is 1. The van der Waals surface area contributed by atoms with Gasteiger partial charge in [-0.2, -0.15) is 0 Å². The van der Waals surface area contributed by atoms with E-state index in [-0.39, 0.29) is 5.82 Å². The summed E-state index contributed by atoms with van der Waals surface area (Å²) in [5.74, 6) is 0.365. The van der Waals surface area contributed by atoms with E-state index in [2.05, 4.69) is 31.4 Å². The van der Waals surface area contributed by atoms with Gasteiger partial charge in [0.2, 0.25) is 0 Å². The molecule has 1 aromatic heterocycles. The molecule has 0 saturated carbocycles. The lowest BCUT2D eigenvalue weighted by molar-refractivity contribution is 0.630. The minimum absolute atomic E-state index is 0.315. The zero-order chi connectivity index (χ0) is 14.1. The highest BCUT2D eigenvalue weighted by Gasteiger charge is 2.13. The van der Waals surface area contributed by atoms with E-state index in [0.717, 1.165) is 15.2 Å². The number of hydrogen-bond donors (Lipinski definition) is 1. The van der Waals surface area contributed by atoms with Crippen LogP contribution in [-0.4, -0.2) is 17.2 Å². The van der Waals surface area contributed by atoms with Gasteiger partial charge < -0.3 is 5.32 Å². The fraction of sp³-hybridized carbons (Fsp3) is 0.0667. The standard InChI is InChI=1S/C15H11BrFN3/c1-18-15-11-5-3-2-4-10(11)14(19-20-15)12-8-9(16)6-7-13(12)17/h2-8H,1H3,(H,18,20). The van der Waals surface area contributed by atoms with E-state index >= 15 is 0 Å². The second-order valence-electron chi connectivity index (χ2n) is 4.32. The summed E-state index contributed by atoms with van der Waals surface area (Å²) in [4.78, 5) is 0. The highest BCUT2D eigenvalue weighted by atomic mass is 79.9. The molecule has 0 aliphatic heterocycles. The predicted octanol–water partition coefficient (Wildman–Crippen LogP) is 4.24. The van der Waals surface area contributed by atoms with E-state index in [9.17, 15) is 4.39 Å². The van der Waals surface area contributed by atoms with Gasteiger partial charge in [0, 0.05) is 27.9 Å². The summed E-state index contributed by atoms with van der Waals surface area (Å²) in [7, 11) is 1.79. The molecule has 0 spiro atoms. The molecule has 3 nitrogen and oxygen atoms in total. The Balaban J connectivity index is 2.35. The lowest BCUT2D eigenvalue weighted by Crippen LogP contribution is -1.99. The largest absolute Gasteiger partial charge is 0.371 e. The van der Waals surface area contributed by atoms with E-state index in [1.165, 1.54) is 6.07 Å². The first-order valence-corrected chi connectivity index (χ1v) is 6.88. The third kappa shape index (κ3) is 2.14. The number of nitrogens with one attached hydrogen (secondary N) is 1. The van der Waals surface area contributed by atoms with Crippen molar-refractivity contribution >= 4 is 32.5 Å². The minimum Gasteiger partial charge on any atom is -0.371 e. The second-order valence-corrected chi connectivity index (χ2v) is 5.23. The van der Waals surface area contributed by atoms with Gasteiger partial charge in [0.1, 0.15) is 11.5 Å². The van der Waals surface area contributed by atoms with E-state index in [1.54, 1.807) is 19.2 Å². The Morgan fingerprint density at radius 3 is 2.55 bits per heavy atom. The maximum absolute atomic E-state index is 14.1. The van der Waals surface area contributed by atoms with Crippen LogP contribution in [0, 0.1) is 5.82 Å². The second kappa shape index (κ2) is 5.17. The molecule has 0 bridgehead atoms. The first kappa shape index (κ1) is 13.0. The highest BCUT2D eigenvalue weighted by molar-refractivity contribution is 9.10. The number of hydrogen-bond acceptors (Lipinski definition) is 3. The Kier molecular flexibility index (Phi) is 3.36. The fourth-order valence-corrected chi connectivity index (χ4v) is 2.53. The molecule has 1 heterocycles. The first-order chi connectivity index (χ1) is 9.70. The van der Waals surface area contributed by atoms with E-state index in [0.29, 0.717) is 17.1 Å². The summed E-state index contributed by atoms with van der Waals surface area (Å²) < 4.78 is 14.9. The fourth-order valence-electron chi connectivity index (χ4n) is 2.17. The predicted molar refractivity (Wildman–Crippen MR) is 82.2 cm³/mol. The molecule has 5 heteroatoms. The van der Waals surface area contributed by atoms with Crippen LogP contribution in [0.15, 0.2) is 46.9 Å². The van der Waals surface area contributed by atoms with Gasteiger partial charge in [-0.15, -0.1) is 10.2 Å². The van der Waals surface area contributed by atoms with E-state index < -0.39 is 0 Å². The molecule has 0 aliphatic carbocycles. The summed E-state index contributed by atoms with van der Waals surface area (Å²) >= 11 is 3.36. The molecule has 3 aromatic rings. The molecular weight excluding hydrogens is 321 g/mol. The van der Waals surface area contributed by atoms with Gasteiger partial charge in [-0.25, -0.2) is 4.39 Å². The van der Waals surface area contributed by atoms with Gasteiger partial charge in [0.05, 0.1) is 0 Å². The zero-order valence-corrected chi connectivity index (χ0v) is 12.3. The maximum atomic E-state index is 14.1. The van der Waals surface area contributed by atoms with Crippen molar-refractivity contribution in [1.82, 2.24) is 10.2 Å². The van der Waals surface area contributed by atoms with Crippen LogP contribution in [0.5, 0.6) is 0 Å². The number of halogens is 2. The Hall–Kier alpha value is -2.01. The number of benzene rings is 2. The van der Waals surface area contributed by atoms with Crippen molar-refractivity contribution in [1.29, 1.82) is 0 Å². The van der Waals surface area contributed by atoms with Crippen LogP contribution in [0.4, 0.5) is 10.2 Å². The molecule has 0 amide bonds. The van der Waals surface area contributed by atoms with Crippen molar-refractivity contribution in [3.8, 4) is 11.3 Å². The summed E-state index contributed by atoms with van der Waals surface area (Å²) in [5, 5.41) is 13.1. The van der Waals surface area contributed by atoms with Gasteiger partial charge >= 0.3 is 0 Å². The van der Waals surface area contributed by atoms with Crippen LogP contribution in [0.3, 0.4) is 0 Å².